The number of rotatable bonds is 12. The molecule has 0 aromatic carbocycles. The number of hydrogen-bond donors (Lipinski definition) is 1. The van der Waals surface area contributed by atoms with Gasteiger partial charge in [-0.05, 0) is 43.4 Å². The number of carbonyl (C=O) groups is 2. The average molecular weight is 599 g/mol. The second-order valence-electron chi connectivity index (χ2n) is 12.3. The molecular weight excluding hydrogens is 558 g/mol. The van der Waals surface area contributed by atoms with Crippen molar-refractivity contribution in [3.8, 4) is 0 Å². The summed E-state index contributed by atoms with van der Waals surface area (Å²) in [6, 6.07) is 0. The Labute approximate surface area is 226 Å². The molecule has 0 fully saturated rings. The Kier molecular flexibility index (Phi) is 11.4. The molecule has 14 heteroatoms. The standard InChI is InChI=1S/C25H40F6O7S/c1-10-12-22(11-2,13-14-37-17(32)21(9,20(6,7)8)15-19(3,4)5)18(33)38-23(24(26,27)28,25(29,30)31)16-39(34,35)36/h10H,1,11-16H2,2-9H3,(H,34,35,36). The van der Waals surface area contributed by atoms with Gasteiger partial charge in [0.05, 0.1) is 17.4 Å². The zero-order valence-electron chi connectivity index (χ0n) is 23.6. The maximum Gasteiger partial charge on any atom is 0.438 e. The lowest BCUT2D eigenvalue weighted by Gasteiger charge is -2.43. The molecule has 0 spiro atoms. The number of esters is 2. The van der Waals surface area contributed by atoms with E-state index in [4.69, 9.17) is 9.29 Å². The van der Waals surface area contributed by atoms with E-state index in [-0.39, 0.29) is 11.8 Å². The molecule has 0 aromatic heterocycles. The smallest absolute Gasteiger partial charge is 0.438 e. The summed E-state index contributed by atoms with van der Waals surface area (Å²) in [5.41, 5.74) is -9.59. The molecule has 0 aliphatic rings. The van der Waals surface area contributed by atoms with Gasteiger partial charge in [0.25, 0.3) is 10.1 Å². The van der Waals surface area contributed by atoms with Crippen LogP contribution in [0.4, 0.5) is 26.3 Å². The predicted molar refractivity (Wildman–Crippen MR) is 132 cm³/mol. The van der Waals surface area contributed by atoms with Crippen molar-refractivity contribution in [2.24, 2.45) is 21.7 Å². The van der Waals surface area contributed by atoms with Crippen LogP contribution < -0.4 is 0 Å². The molecule has 0 radical (unpaired) electrons. The zero-order valence-corrected chi connectivity index (χ0v) is 24.4. The quantitative estimate of drug-likeness (QED) is 0.116. The van der Waals surface area contributed by atoms with E-state index in [1.165, 1.54) is 6.92 Å². The number of allylic oxidation sites excluding steroid dienone is 1. The molecule has 2 unspecified atom stereocenters. The summed E-state index contributed by atoms with van der Waals surface area (Å²) in [5, 5.41) is 0. The third kappa shape index (κ3) is 9.09. The van der Waals surface area contributed by atoms with Crippen LogP contribution in [0.15, 0.2) is 12.7 Å². The van der Waals surface area contributed by atoms with Gasteiger partial charge in [0, 0.05) is 0 Å². The summed E-state index contributed by atoms with van der Waals surface area (Å²) in [6.07, 6.45) is -12.9. The molecule has 0 rings (SSSR count). The van der Waals surface area contributed by atoms with Gasteiger partial charge in [0.1, 0.15) is 5.75 Å². The third-order valence-electron chi connectivity index (χ3n) is 7.02. The lowest BCUT2D eigenvalue weighted by atomic mass is 9.61. The molecule has 39 heavy (non-hydrogen) atoms. The van der Waals surface area contributed by atoms with E-state index in [1.807, 2.05) is 41.5 Å². The molecule has 0 aliphatic carbocycles. The molecule has 2 atom stereocenters. The van der Waals surface area contributed by atoms with E-state index in [2.05, 4.69) is 11.3 Å². The van der Waals surface area contributed by atoms with Gasteiger partial charge in [-0.2, -0.15) is 34.8 Å². The number of ether oxygens (including phenoxy) is 2. The SMILES string of the molecule is C=CCC(CC)(CCOC(=O)C(C)(CC(C)(C)C)C(C)(C)C)C(=O)OC(CS(=O)(=O)O)(C(F)(F)F)C(F)(F)F. The van der Waals surface area contributed by atoms with Gasteiger partial charge in [-0.25, -0.2) is 0 Å². The van der Waals surface area contributed by atoms with Crippen LogP contribution in [0.1, 0.15) is 81.1 Å². The Morgan fingerprint density at radius 2 is 1.36 bits per heavy atom. The van der Waals surface area contributed by atoms with Gasteiger partial charge in [0.15, 0.2) is 0 Å². The second-order valence-corrected chi connectivity index (χ2v) is 13.7. The minimum absolute atomic E-state index is 0.313. The minimum Gasteiger partial charge on any atom is -0.465 e. The lowest BCUT2D eigenvalue weighted by molar-refractivity contribution is -0.363. The van der Waals surface area contributed by atoms with Gasteiger partial charge < -0.3 is 9.47 Å². The summed E-state index contributed by atoms with van der Waals surface area (Å²) in [7, 11) is -5.94. The molecule has 0 amide bonds. The Balaban J connectivity index is 6.38. The van der Waals surface area contributed by atoms with Crippen molar-refractivity contribution in [2.45, 2.75) is 99.0 Å². The highest BCUT2D eigenvalue weighted by Crippen LogP contribution is 2.50. The Morgan fingerprint density at radius 1 is 0.897 bits per heavy atom. The normalized spacial score (nSPS) is 17.1. The molecule has 0 saturated carbocycles. The van der Waals surface area contributed by atoms with Crippen LogP contribution in [0, 0.1) is 21.7 Å². The Hall–Kier alpha value is -1.83. The molecule has 0 aromatic rings. The van der Waals surface area contributed by atoms with Crippen LogP contribution in [-0.4, -0.2) is 55.2 Å². The van der Waals surface area contributed by atoms with Crippen molar-refractivity contribution in [3.63, 3.8) is 0 Å². The number of halogens is 6. The maximum absolute atomic E-state index is 13.7. The maximum atomic E-state index is 13.7. The van der Waals surface area contributed by atoms with Gasteiger partial charge in [-0.1, -0.05) is 54.5 Å². The van der Waals surface area contributed by atoms with E-state index in [9.17, 15) is 44.3 Å². The first-order chi connectivity index (χ1) is 17.0. The lowest BCUT2D eigenvalue weighted by Crippen LogP contribution is -2.64. The predicted octanol–water partition coefficient (Wildman–Crippen LogP) is 6.68. The second kappa shape index (κ2) is 12.0. The van der Waals surface area contributed by atoms with Crippen molar-refractivity contribution < 1.29 is 58.4 Å². The molecule has 0 heterocycles. The molecule has 7 nitrogen and oxygen atoms in total. The Bertz CT molecular complexity index is 976. The van der Waals surface area contributed by atoms with Crippen LogP contribution >= 0.6 is 0 Å². The van der Waals surface area contributed by atoms with E-state index in [0.717, 1.165) is 6.08 Å². The highest BCUT2D eigenvalue weighted by atomic mass is 32.2. The average Bonchev–Trinajstić information content (AvgIpc) is 2.67. The first kappa shape index (κ1) is 37.2. The fraction of sp³-hybridized carbons (Fsp3) is 0.840. The van der Waals surface area contributed by atoms with Gasteiger partial charge in [0.2, 0.25) is 0 Å². The van der Waals surface area contributed by atoms with Crippen LogP contribution in [-0.2, 0) is 29.2 Å². The van der Waals surface area contributed by atoms with Crippen molar-refractivity contribution in [1.29, 1.82) is 0 Å². The van der Waals surface area contributed by atoms with E-state index < -0.39 is 81.5 Å². The summed E-state index contributed by atoms with van der Waals surface area (Å²) < 4.78 is 123. The minimum atomic E-state index is -6.46. The molecule has 1 N–H and O–H groups in total. The molecule has 0 bridgehead atoms. The van der Waals surface area contributed by atoms with Crippen LogP contribution in [0.5, 0.6) is 0 Å². The molecule has 0 saturated heterocycles. The van der Waals surface area contributed by atoms with Crippen molar-refractivity contribution in [2.75, 3.05) is 12.4 Å². The van der Waals surface area contributed by atoms with Crippen molar-refractivity contribution >= 4 is 22.1 Å². The van der Waals surface area contributed by atoms with Gasteiger partial charge in [-0.15, -0.1) is 6.58 Å². The molecule has 0 aliphatic heterocycles. The van der Waals surface area contributed by atoms with E-state index in [1.54, 1.807) is 6.92 Å². The van der Waals surface area contributed by atoms with E-state index in [0.29, 0.717) is 6.42 Å². The van der Waals surface area contributed by atoms with Gasteiger partial charge >= 0.3 is 29.9 Å². The number of carbonyl (C=O) groups excluding carboxylic acids is 2. The first-order valence-electron chi connectivity index (χ1n) is 12.1. The first-order valence-corrected chi connectivity index (χ1v) is 13.8. The Morgan fingerprint density at radius 3 is 1.67 bits per heavy atom. The van der Waals surface area contributed by atoms with E-state index >= 15 is 0 Å². The largest absolute Gasteiger partial charge is 0.465 e. The van der Waals surface area contributed by atoms with Crippen LogP contribution in [0.25, 0.3) is 0 Å². The van der Waals surface area contributed by atoms with Crippen molar-refractivity contribution in [3.05, 3.63) is 12.7 Å². The highest BCUT2D eigenvalue weighted by molar-refractivity contribution is 7.85. The molecular formula is C25H40F6O7S. The van der Waals surface area contributed by atoms with Gasteiger partial charge in [-0.3, -0.25) is 14.1 Å². The number of alkyl halides is 6. The zero-order chi connectivity index (χ0) is 31.5. The third-order valence-corrected chi connectivity index (χ3v) is 7.79. The van der Waals surface area contributed by atoms with Crippen molar-refractivity contribution in [1.82, 2.24) is 0 Å². The summed E-state index contributed by atoms with van der Waals surface area (Å²) in [5.74, 6) is -5.70. The number of hydrogen-bond acceptors (Lipinski definition) is 6. The topological polar surface area (TPSA) is 107 Å². The highest BCUT2D eigenvalue weighted by Gasteiger charge is 2.76. The molecule has 230 valence electrons. The summed E-state index contributed by atoms with van der Waals surface area (Å²) >= 11 is 0. The fourth-order valence-corrected chi connectivity index (χ4v) is 5.12. The fourth-order valence-electron chi connectivity index (χ4n) is 4.22. The summed E-state index contributed by atoms with van der Waals surface area (Å²) in [4.78, 5) is 26.2. The monoisotopic (exact) mass is 598 g/mol. The van der Waals surface area contributed by atoms with Crippen LogP contribution in [0.2, 0.25) is 0 Å². The summed E-state index contributed by atoms with van der Waals surface area (Å²) in [6.45, 7) is 17.0. The van der Waals surface area contributed by atoms with Crippen LogP contribution in [0.3, 0.4) is 0 Å².